The molecule has 1 heterocycles. The Kier molecular flexibility index (Phi) is 4.35. The number of anilines is 1. The van der Waals surface area contributed by atoms with Crippen LogP contribution >= 0.6 is 0 Å². The molecule has 0 fully saturated rings. The van der Waals surface area contributed by atoms with Gasteiger partial charge < -0.3 is 10.6 Å². The lowest BCUT2D eigenvalue weighted by Gasteiger charge is -2.23. The molecule has 2 N–H and O–H groups in total. The molecule has 1 unspecified atom stereocenters. The van der Waals surface area contributed by atoms with E-state index in [1.165, 1.54) is 6.42 Å². The van der Waals surface area contributed by atoms with Gasteiger partial charge in [-0.1, -0.05) is 20.3 Å². The van der Waals surface area contributed by atoms with Crippen molar-refractivity contribution in [1.82, 2.24) is 9.78 Å². The highest BCUT2D eigenvalue weighted by atomic mass is 15.4. The first-order valence-electron chi connectivity index (χ1n) is 5.94. The minimum absolute atomic E-state index is 0.555. The van der Waals surface area contributed by atoms with Gasteiger partial charge in [-0.3, -0.25) is 4.68 Å². The normalized spacial score (nSPS) is 12.9. The zero-order valence-corrected chi connectivity index (χ0v) is 11.1. The van der Waals surface area contributed by atoms with Crippen LogP contribution in [-0.4, -0.2) is 23.4 Å². The van der Waals surface area contributed by atoms with Crippen molar-refractivity contribution >= 4 is 5.82 Å². The van der Waals surface area contributed by atoms with E-state index in [1.807, 2.05) is 18.7 Å². The third-order valence-corrected chi connectivity index (χ3v) is 3.16. The summed E-state index contributed by atoms with van der Waals surface area (Å²) in [5.74, 6) is 1.84. The Morgan fingerprint density at radius 1 is 1.50 bits per heavy atom. The van der Waals surface area contributed by atoms with Gasteiger partial charge in [0.15, 0.2) is 0 Å². The molecule has 1 aromatic rings. The molecule has 4 heteroatoms. The summed E-state index contributed by atoms with van der Waals surface area (Å²) in [6.45, 7) is 8.10. The lowest BCUT2D eigenvalue weighted by Crippen LogP contribution is -2.27. The minimum Gasteiger partial charge on any atom is -0.359 e. The standard InChI is InChI=1S/C12H24N4/c1-6-9(2)8-15(4)12-11(7-13)10(3)14-16(12)5/h9H,6-8,13H2,1-5H3. The highest BCUT2D eigenvalue weighted by Gasteiger charge is 2.16. The van der Waals surface area contributed by atoms with Crippen LogP contribution in [0.1, 0.15) is 31.5 Å². The van der Waals surface area contributed by atoms with Crippen LogP contribution in [0.25, 0.3) is 0 Å². The second kappa shape index (κ2) is 5.34. The summed E-state index contributed by atoms with van der Waals surface area (Å²) in [5.41, 5.74) is 7.98. The molecule has 92 valence electrons. The second-order valence-corrected chi connectivity index (χ2v) is 4.61. The van der Waals surface area contributed by atoms with Gasteiger partial charge in [0.1, 0.15) is 5.82 Å². The van der Waals surface area contributed by atoms with E-state index in [0.29, 0.717) is 12.5 Å². The van der Waals surface area contributed by atoms with Crippen molar-refractivity contribution < 1.29 is 0 Å². The molecule has 0 radical (unpaired) electrons. The third kappa shape index (κ3) is 2.55. The van der Waals surface area contributed by atoms with E-state index in [4.69, 9.17) is 5.73 Å². The maximum Gasteiger partial charge on any atom is 0.131 e. The summed E-state index contributed by atoms with van der Waals surface area (Å²) in [4.78, 5) is 2.26. The first kappa shape index (κ1) is 13.0. The van der Waals surface area contributed by atoms with Crippen LogP contribution in [0.15, 0.2) is 0 Å². The number of hydrogen-bond donors (Lipinski definition) is 1. The molecule has 0 spiro atoms. The number of nitrogens with two attached hydrogens (primary N) is 1. The largest absolute Gasteiger partial charge is 0.359 e. The molecule has 1 aromatic heterocycles. The predicted molar refractivity (Wildman–Crippen MR) is 68.6 cm³/mol. The fourth-order valence-corrected chi connectivity index (χ4v) is 2.09. The van der Waals surface area contributed by atoms with Gasteiger partial charge in [-0.05, 0) is 12.8 Å². The molecule has 0 amide bonds. The maximum atomic E-state index is 5.79. The Morgan fingerprint density at radius 2 is 2.12 bits per heavy atom. The highest BCUT2D eigenvalue weighted by Crippen LogP contribution is 2.22. The Balaban J connectivity index is 2.93. The molecule has 0 aliphatic carbocycles. The predicted octanol–water partition coefficient (Wildman–Crippen LogP) is 1.67. The molecule has 4 nitrogen and oxygen atoms in total. The SMILES string of the molecule is CCC(C)CN(C)c1c(CN)c(C)nn1C. The van der Waals surface area contributed by atoms with Crippen molar-refractivity contribution in [2.24, 2.45) is 18.7 Å². The van der Waals surface area contributed by atoms with Crippen LogP contribution in [0, 0.1) is 12.8 Å². The summed E-state index contributed by atoms with van der Waals surface area (Å²) < 4.78 is 1.93. The zero-order chi connectivity index (χ0) is 12.3. The van der Waals surface area contributed by atoms with Crippen LogP contribution < -0.4 is 10.6 Å². The van der Waals surface area contributed by atoms with Crippen LogP contribution in [0.2, 0.25) is 0 Å². The lowest BCUT2D eigenvalue weighted by molar-refractivity contribution is 0.551. The van der Waals surface area contributed by atoms with Crippen LogP contribution in [0.4, 0.5) is 5.82 Å². The Labute approximate surface area is 98.4 Å². The van der Waals surface area contributed by atoms with Crippen molar-refractivity contribution in [3.05, 3.63) is 11.3 Å². The van der Waals surface area contributed by atoms with Gasteiger partial charge in [-0.25, -0.2) is 0 Å². The van der Waals surface area contributed by atoms with Gasteiger partial charge in [0.2, 0.25) is 0 Å². The molecule has 0 aliphatic rings. The number of hydrogen-bond acceptors (Lipinski definition) is 3. The Bertz CT molecular complexity index is 343. The zero-order valence-electron chi connectivity index (χ0n) is 11.1. The summed E-state index contributed by atoms with van der Waals surface area (Å²) in [6, 6.07) is 0. The molecule has 1 atom stereocenters. The molecular weight excluding hydrogens is 200 g/mol. The highest BCUT2D eigenvalue weighted by molar-refractivity contribution is 5.49. The maximum absolute atomic E-state index is 5.79. The Morgan fingerprint density at radius 3 is 2.62 bits per heavy atom. The molecular formula is C12H24N4. The third-order valence-electron chi connectivity index (χ3n) is 3.16. The summed E-state index contributed by atoms with van der Waals surface area (Å²) in [6.07, 6.45) is 1.19. The van der Waals surface area contributed by atoms with Gasteiger partial charge in [-0.2, -0.15) is 5.10 Å². The molecule has 0 bridgehead atoms. The van der Waals surface area contributed by atoms with Gasteiger partial charge in [0, 0.05) is 32.7 Å². The van der Waals surface area contributed by atoms with Gasteiger partial charge in [0.05, 0.1) is 5.69 Å². The smallest absolute Gasteiger partial charge is 0.131 e. The summed E-state index contributed by atoms with van der Waals surface area (Å²) >= 11 is 0. The molecule has 0 saturated carbocycles. The number of aromatic nitrogens is 2. The first-order valence-corrected chi connectivity index (χ1v) is 5.94. The van der Waals surface area contributed by atoms with Crippen LogP contribution in [0.5, 0.6) is 0 Å². The number of rotatable bonds is 5. The van der Waals surface area contributed by atoms with E-state index in [9.17, 15) is 0 Å². The summed E-state index contributed by atoms with van der Waals surface area (Å²) in [7, 11) is 4.09. The monoisotopic (exact) mass is 224 g/mol. The topological polar surface area (TPSA) is 47.1 Å². The number of nitrogens with zero attached hydrogens (tertiary/aromatic N) is 3. The van der Waals surface area contributed by atoms with E-state index in [2.05, 4.69) is 30.9 Å². The van der Waals surface area contributed by atoms with Gasteiger partial charge in [-0.15, -0.1) is 0 Å². The van der Waals surface area contributed by atoms with E-state index in [0.717, 1.165) is 23.6 Å². The van der Waals surface area contributed by atoms with Crippen molar-refractivity contribution in [3.8, 4) is 0 Å². The molecule has 16 heavy (non-hydrogen) atoms. The van der Waals surface area contributed by atoms with Crippen LogP contribution in [-0.2, 0) is 13.6 Å². The van der Waals surface area contributed by atoms with Gasteiger partial charge in [0.25, 0.3) is 0 Å². The fourth-order valence-electron chi connectivity index (χ4n) is 2.09. The number of aryl methyl sites for hydroxylation is 2. The quantitative estimate of drug-likeness (QED) is 0.827. The van der Waals surface area contributed by atoms with Crippen molar-refractivity contribution in [2.45, 2.75) is 33.7 Å². The first-order chi connectivity index (χ1) is 7.51. The van der Waals surface area contributed by atoms with Crippen molar-refractivity contribution in [2.75, 3.05) is 18.5 Å². The average Bonchev–Trinajstić information content (AvgIpc) is 2.52. The van der Waals surface area contributed by atoms with E-state index in [1.54, 1.807) is 0 Å². The lowest BCUT2D eigenvalue weighted by atomic mass is 10.1. The van der Waals surface area contributed by atoms with E-state index < -0.39 is 0 Å². The fraction of sp³-hybridized carbons (Fsp3) is 0.750. The molecule has 0 aliphatic heterocycles. The van der Waals surface area contributed by atoms with Crippen molar-refractivity contribution in [3.63, 3.8) is 0 Å². The van der Waals surface area contributed by atoms with E-state index in [-0.39, 0.29) is 0 Å². The van der Waals surface area contributed by atoms with Crippen molar-refractivity contribution in [1.29, 1.82) is 0 Å². The minimum atomic E-state index is 0.555. The van der Waals surface area contributed by atoms with Gasteiger partial charge >= 0.3 is 0 Å². The molecule has 1 rings (SSSR count). The second-order valence-electron chi connectivity index (χ2n) is 4.61. The summed E-state index contributed by atoms with van der Waals surface area (Å²) in [5, 5.41) is 4.43. The molecule has 0 saturated heterocycles. The van der Waals surface area contributed by atoms with E-state index >= 15 is 0 Å². The van der Waals surface area contributed by atoms with Crippen LogP contribution in [0.3, 0.4) is 0 Å². The average molecular weight is 224 g/mol. The molecule has 0 aromatic carbocycles. The Hall–Kier alpha value is -1.03.